The molecular formula is C29H24N4O3. The number of hydrogen-bond donors (Lipinski definition) is 1. The van der Waals surface area contributed by atoms with Crippen LogP contribution in [0.15, 0.2) is 103 Å². The number of fused-ring (bicyclic) bond motifs is 1. The van der Waals surface area contributed by atoms with Gasteiger partial charge < -0.3 is 10.1 Å². The predicted octanol–water partition coefficient (Wildman–Crippen LogP) is 5.71. The molecule has 0 aliphatic rings. The quantitative estimate of drug-likeness (QED) is 0.319. The molecule has 36 heavy (non-hydrogen) atoms. The lowest BCUT2D eigenvalue weighted by Crippen LogP contribution is -2.22. The molecule has 1 amide bonds. The van der Waals surface area contributed by atoms with Crippen molar-refractivity contribution >= 4 is 22.6 Å². The zero-order chi connectivity index (χ0) is 25.2. The molecule has 0 spiro atoms. The Hall–Kier alpha value is -4.91. The smallest absolute Gasteiger partial charge is 0.338 e. The summed E-state index contributed by atoms with van der Waals surface area (Å²) in [7, 11) is 0. The van der Waals surface area contributed by atoms with Gasteiger partial charge in [0, 0.05) is 11.9 Å². The van der Waals surface area contributed by atoms with Crippen LogP contribution in [-0.4, -0.2) is 20.0 Å². The summed E-state index contributed by atoms with van der Waals surface area (Å²) in [6.07, 6.45) is 4.51. The van der Waals surface area contributed by atoms with Gasteiger partial charge in [-0.25, -0.2) is 4.79 Å². The van der Waals surface area contributed by atoms with E-state index in [0.717, 1.165) is 16.9 Å². The van der Waals surface area contributed by atoms with Crippen LogP contribution in [0.25, 0.3) is 22.4 Å². The summed E-state index contributed by atoms with van der Waals surface area (Å²) in [6.45, 7) is 7.55. The summed E-state index contributed by atoms with van der Waals surface area (Å²) in [5, 5.41) is 2.74. The van der Waals surface area contributed by atoms with E-state index in [2.05, 4.69) is 16.9 Å². The van der Waals surface area contributed by atoms with Crippen LogP contribution >= 0.6 is 0 Å². The normalized spacial score (nSPS) is 10.8. The van der Waals surface area contributed by atoms with Crippen molar-refractivity contribution in [3.8, 4) is 22.9 Å². The van der Waals surface area contributed by atoms with Crippen molar-refractivity contribution in [2.45, 2.75) is 13.8 Å². The second kappa shape index (κ2) is 9.38. The van der Waals surface area contributed by atoms with E-state index in [1.54, 1.807) is 45.8 Å². The van der Waals surface area contributed by atoms with Crippen molar-refractivity contribution in [2.75, 3.05) is 5.32 Å². The van der Waals surface area contributed by atoms with Gasteiger partial charge >= 0.3 is 5.69 Å². The fourth-order valence-electron chi connectivity index (χ4n) is 4.09. The number of imidazole rings is 1. The number of anilines is 1. The van der Waals surface area contributed by atoms with E-state index >= 15 is 0 Å². The fourth-order valence-corrected chi connectivity index (χ4v) is 4.09. The Kier molecular flexibility index (Phi) is 5.96. The Morgan fingerprint density at radius 1 is 0.944 bits per heavy atom. The minimum absolute atomic E-state index is 0.256. The highest BCUT2D eigenvalue weighted by molar-refractivity contribution is 5.99. The largest absolute Gasteiger partial charge is 0.457 e. The van der Waals surface area contributed by atoms with Crippen molar-refractivity contribution in [3.05, 3.63) is 119 Å². The highest BCUT2D eigenvalue weighted by atomic mass is 16.5. The van der Waals surface area contributed by atoms with E-state index in [9.17, 15) is 9.59 Å². The third kappa shape index (κ3) is 4.18. The average molecular weight is 477 g/mol. The van der Waals surface area contributed by atoms with Gasteiger partial charge in [0.15, 0.2) is 0 Å². The number of nitrogens with one attached hydrogen (secondary N) is 1. The molecule has 2 heterocycles. The topological polar surface area (TPSA) is 78.2 Å². The van der Waals surface area contributed by atoms with Crippen LogP contribution in [-0.2, 0) is 4.79 Å². The molecule has 3 aromatic carbocycles. The highest BCUT2D eigenvalue weighted by Gasteiger charge is 2.17. The number of hydrogen-bond acceptors (Lipinski definition) is 4. The second-order valence-electron chi connectivity index (χ2n) is 8.36. The van der Waals surface area contributed by atoms with Crippen molar-refractivity contribution in [2.24, 2.45) is 0 Å². The molecule has 2 aromatic heterocycles. The molecule has 0 saturated heterocycles. The van der Waals surface area contributed by atoms with E-state index < -0.39 is 0 Å². The van der Waals surface area contributed by atoms with Crippen LogP contribution in [0.1, 0.15) is 11.1 Å². The van der Waals surface area contributed by atoms with Crippen molar-refractivity contribution in [1.82, 2.24) is 14.1 Å². The number of aromatic nitrogens is 3. The number of carbonyl (C=O) groups excluding carboxylic acids is 1. The lowest BCUT2D eigenvalue weighted by atomic mass is 10.1. The molecule has 0 aliphatic carbocycles. The molecule has 0 fully saturated rings. The molecule has 0 atom stereocenters. The highest BCUT2D eigenvalue weighted by Crippen LogP contribution is 2.28. The number of pyridine rings is 1. The zero-order valence-electron chi connectivity index (χ0n) is 19.9. The minimum Gasteiger partial charge on any atom is -0.457 e. The summed E-state index contributed by atoms with van der Waals surface area (Å²) in [4.78, 5) is 29.7. The van der Waals surface area contributed by atoms with Gasteiger partial charge in [0.2, 0.25) is 5.91 Å². The lowest BCUT2D eigenvalue weighted by molar-refractivity contribution is -0.111. The molecule has 0 saturated carbocycles. The first kappa shape index (κ1) is 22.9. The van der Waals surface area contributed by atoms with Gasteiger partial charge in [-0.05, 0) is 85.6 Å². The van der Waals surface area contributed by atoms with Gasteiger partial charge in [0.05, 0.1) is 28.6 Å². The predicted molar refractivity (Wildman–Crippen MR) is 141 cm³/mol. The van der Waals surface area contributed by atoms with Crippen LogP contribution in [0.5, 0.6) is 11.5 Å². The van der Waals surface area contributed by atoms with Gasteiger partial charge in [-0.15, -0.1) is 0 Å². The van der Waals surface area contributed by atoms with E-state index in [1.165, 1.54) is 6.08 Å². The Morgan fingerprint density at radius 2 is 1.69 bits per heavy atom. The van der Waals surface area contributed by atoms with Crippen molar-refractivity contribution in [3.63, 3.8) is 0 Å². The minimum atomic E-state index is -0.325. The van der Waals surface area contributed by atoms with Crippen LogP contribution in [0.4, 0.5) is 5.69 Å². The summed E-state index contributed by atoms with van der Waals surface area (Å²) in [6, 6.07) is 22.2. The van der Waals surface area contributed by atoms with Crippen LogP contribution in [0.3, 0.4) is 0 Å². The van der Waals surface area contributed by atoms with E-state index in [-0.39, 0.29) is 11.6 Å². The van der Waals surface area contributed by atoms with Crippen LogP contribution in [0.2, 0.25) is 0 Å². The second-order valence-corrected chi connectivity index (χ2v) is 8.36. The summed E-state index contributed by atoms with van der Waals surface area (Å²) < 4.78 is 9.29. The summed E-state index contributed by atoms with van der Waals surface area (Å²) in [5.41, 5.74) is 5.19. The number of benzene rings is 3. The molecule has 0 radical (unpaired) electrons. The molecule has 7 heteroatoms. The number of aryl methyl sites for hydroxylation is 1. The third-order valence-corrected chi connectivity index (χ3v) is 6.08. The maximum absolute atomic E-state index is 13.7. The van der Waals surface area contributed by atoms with Crippen LogP contribution < -0.4 is 15.7 Å². The first-order valence-corrected chi connectivity index (χ1v) is 11.4. The first-order chi connectivity index (χ1) is 17.5. The molecule has 0 aliphatic heterocycles. The van der Waals surface area contributed by atoms with Gasteiger partial charge in [-0.3, -0.25) is 18.9 Å². The van der Waals surface area contributed by atoms with Gasteiger partial charge in [-0.1, -0.05) is 24.8 Å². The molecular weight excluding hydrogens is 452 g/mol. The van der Waals surface area contributed by atoms with Gasteiger partial charge in [-0.2, -0.15) is 0 Å². The zero-order valence-corrected chi connectivity index (χ0v) is 19.9. The summed E-state index contributed by atoms with van der Waals surface area (Å²) in [5.74, 6) is 1.14. The number of carbonyl (C=O) groups is 1. The van der Waals surface area contributed by atoms with Crippen molar-refractivity contribution < 1.29 is 9.53 Å². The standard InChI is InChI=1S/C29H24N4O3/c1-4-28(34)31-21-8-6-9-23(17-21)33-25-15-16-30-18-26(25)32(29(33)35)22-11-13-24(14-12-22)36-27-10-5-7-19(2)20(27)3/h4-18H,1H2,2-3H3,(H,31,34). The average Bonchev–Trinajstić information content (AvgIpc) is 3.19. The Labute approximate surface area is 207 Å². The Balaban J connectivity index is 1.56. The number of ether oxygens (including phenoxy) is 1. The molecule has 0 bridgehead atoms. The molecule has 178 valence electrons. The van der Waals surface area contributed by atoms with Gasteiger partial charge in [0.25, 0.3) is 0 Å². The molecule has 7 nitrogen and oxygen atoms in total. The third-order valence-electron chi connectivity index (χ3n) is 6.08. The van der Waals surface area contributed by atoms with Crippen LogP contribution in [0, 0.1) is 13.8 Å². The molecule has 5 rings (SSSR count). The number of amides is 1. The first-order valence-electron chi connectivity index (χ1n) is 11.4. The fraction of sp³-hybridized carbons (Fsp3) is 0.0690. The van der Waals surface area contributed by atoms with E-state index in [0.29, 0.717) is 33.8 Å². The SMILES string of the molecule is C=CC(=O)Nc1cccc(-n2c(=O)n(-c3ccc(Oc4cccc(C)c4C)cc3)c3cnccc32)c1. The van der Waals surface area contributed by atoms with E-state index in [1.807, 2.05) is 62.4 Å². The lowest BCUT2D eigenvalue weighted by Gasteiger charge is -2.11. The molecule has 1 N–H and O–H groups in total. The Bertz CT molecular complexity index is 1660. The maximum atomic E-state index is 13.7. The maximum Gasteiger partial charge on any atom is 0.338 e. The monoisotopic (exact) mass is 476 g/mol. The number of nitrogens with zero attached hydrogens (tertiary/aromatic N) is 3. The molecule has 5 aromatic rings. The summed E-state index contributed by atoms with van der Waals surface area (Å²) >= 11 is 0. The van der Waals surface area contributed by atoms with E-state index in [4.69, 9.17) is 4.74 Å². The molecule has 0 unspecified atom stereocenters. The Morgan fingerprint density at radius 3 is 2.47 bits per heavy atom. The van der Waals surface area contributed by atoms with Gasteiger partial charge in [0.1, 0.15) is 11.5 Å². The number of rotatable bonds is 6. The van der Waals surface area contributed by atoms with Crippen molar-refractivity contribution in [1.29, 1.82) is 0 Å².